The molecule has 0 saturated carbocycles. The molecule has 0 aliphatic heterocycles. The van der Waals surface area contributed by atoms with Gasteiger partial charge < -0.3 is 9.47 Å². The van der Waals surface area contributed by atoms with Crippen molar-refractivity contribution in [1.82, 2.24) is 25.0 Å². The van der Waals surface area contributed by atoms with E-state index in [4.69, 9.17) is 9.47 Å². The molecule has 0 aliphatic carbocycles. The van der Waals surface area contributed by atoms with Crippen LogP contribution in [0.5, 0.6) is 11.5 Å². The fraction of sp³-hybridized carbons (Fsp3) is 0.286. The van der Waals surface area contributed by atoms with Gasteiger partial charge in [0.25, 0.3) is 0 Å². The molecule has 0 spiro atoms. The lowest BCUT2D eigenvalue weighted by molar-refractivity contribution is 0.393. The number of hydrogen-bond acceptors (Lipinski definition) is 7. The summed E-state index contributed by atoms with van der Waals surface area (Å²) in [5, 5.41) is 8.90. The number of thioether (sulfide) groups is 1. The van der Waals surface area contributed by atoms with Crippen LogP contribution in [0.1, 0.15) is 5.56 Å². The Bertz CT molecular complexity index is 783. The van der Waals surface area contributed by atoms with E-state index in [-0.39, 0.29) is 0 Å². The molecule has 114 valence electrons. The quantitative estimate of drug-likeness (QED) is 0.526. The Hall–Kier alpha value is -2.35. The van der Waals surface area contributed by atoms with Gasteiger partial charge in [-0.15, -0.1) is 5.10 Å². The average Bonchev–Trinajstić information content (AvgIpc) is 2.94. The van der Waals surface area contributed by atoms with Crippen LogP contribution in [0.25, 0.3) is 11.2 Å². The van der Waals surface area contributed by atoms with Crippen molar-refractivity contribution in [3.8, 4) is 11.5 Å². The van der Waals surface area contributed by atoms with Crippen LogP contribution in [0, 0.1) is 0 Å². The van der Waals surface area contributed by atoms with Crippen LogP contribution < -0.4 is 9.47 Å². The van der Waals surface area contributed by atoms with Gasteiger partial charge >= 0.3 is 0 Å². The van der Waals surface area contributed by atoms with E-state index in [0.29, 0.717) is 5.52 Å². The van der Waals surface area contributed by atoms with Crippen LogP contribution in [0.4, 0.5) is 0 Å². The van der Waals surface area contributed by atoms with E-state index in [1.54, 1.807) is 30.7 Å². The first-order chi connectivity index (χ1) is 10.7. The Morgan fingerprint density at radius 3 is 2.50 bits per heavy atom. The van der Waals surface area contributed by atoms with Crippen molar-refractivity contribution in [3.63, 3.8) is 0 Å². The molecular weight excluding hydrogens is 302 g/mol. The predicted molar refractivity (Wildman–Crippen MR) is 83.2 cm³/mol. The molecule has 0 atom stereocenters. The maximum atomic E-state index is 5.28. The fourth-order valence-corrected chi connectivity index (χ4v) is 2.90. The third-order valence-corrected chi connectivity index (χ3v) is 4.19. The van der Waals surface area contributed by atoms with E-state index in [0.717, 1.165) is 33.5 Å². The lowest BCUT2D eigenvalue weighted by Crippen LogP contribution is -1.93. The van der Waals surface area contributed by atoms with Crippen molar-refractivity contribution in [2.24, 2.45) is 7.05 Å². The minimum Gasteiger partial charge on any atom is -0.497 e. The Kier molecular flexibility index (Phi) is 4.10. The zero-order chi connectivity index (χ0) is 15.5. The molecule has 0 saturated heterocycles. The highest BCUT2D eigenvalue weighted by Crippen LogP contribution is 2.29. The summed E-state index contributed by atoms with van der Waals surface area (Å²) in [7, 11) is 5.09. The number of rotatable bonds is 5. The highest BCUT2D eigenvalue weighted by Gasteiger charge is 2.11. The van der Waals surface area contributed by atoms with Crippen LogP contribution in [0.3, 0.4) is 0 Å². The van der Waals surface area contributed by atoms with E-state index in [9.17, 15) is 0 Å². The third-order valence-electron chi connectivity index (χ3n) is 3.14. The summed E-state index contributed by atoms with van der Waals surface area (Å²) < 4.78 is 12.2. The molecule has 1 aromatic carbocycles. The van der Waals surface area contributed by atoms with Crippen molar-refractivity contribution in [3.05, 3.63) is 30.1 Å². The molecule has 0 amide bonds. The second kappa shape index (κ2) is 6.18. The largest absolute Gasteiger partial charge is 0.497 e. The lowest BCUT2D eigenvalue weighted by Gasteiger charge is -2.08. The second-order valence-electron chi connectivity index (χ2n) is 4.57. The van der Waals surface area contributed by atoms with Crippen molar-refractivity contribution in [2.45, 2.75) is 10.8 Å². The molecule has 2 aromatic heterocycles. The third kappa shape index (κ3) is 2.82. The summed E-state index contributed by atoms with van der Waals surface area (Å²) in [5.41, 5.74) is 2.52. The molecule has 3 aromatic rings. The van der Waals surface area contributed by atoms with Crippen LogP contribution in [-0.4, -0.2) is 39.2 Å². The van der Waals surface area contributed by atoms with E-state index in [2.05, 4.69) is 20.3 Å². The van der Waals surface area contributed by atoms with Crippen LogP contribution in [0.15, 0.2) is 29.6 Å². The molecule has 0 fully saturated rings. The van der Waals surface area contributed by atoms with Gasteiger partial charge in [-0.05, 0) is 17.7 Å². The minimum atomic E-state index is 0.713. The Balaban J connectivity index is 1.85. The second-order valence-corrected chi connectivity index (χ2v) is 5.54. The number of hydrogen-bond donors (Lipinski definition) is 0. The molecule has 8 heteroatoms. The number of fused-ring (bicyclic) bond motifs is 1. The highest BCUT2D eigenvalue weighted by atomic mass is 32.2. The monoisotopic (exact) mass is 317 g/mol. The maximum Gasteiger partial charge on any atom is 0.182 e. The van der Waals surface area contributed by atoms with Gasteiger partial charge in [-0.3, -0.25) is 0 Å². The minimum absolute atomic E-state index is 0.713. The van der Waals surface area contributed by atoms with Crippen LogP contribution in [0.2, 0.25) is 0 Å². The smallest absolute Gasteiger partial charge is 0.182 e. The van der Waals surface area contributed by atoms with E-state index >= 15 is 0 Å². The van der Waals surface area contributed by atoms with Gasteiger partial charge in [0.2, 0.25) is 0 Å². The summed E-state index contributed by atoms with van der Waals surface area (Å²) in [4.78, 5) is 8.48. The standard InChI is InChI=1S/C14H15N5O2S/c1-19-13-12(17-18-19)14(16-8-15-13)22-7-9-4-10(20-2)6-11(5-9)21-3/h4-6,8H,7H2,1-3H3. The van der Waals surface area contributed by atoms with E-state index in [1.165, 1.54) is 6.33 Å². The summed E-state index contributed by atoms with van der Waals surface area (Å²) in [6.07, 6.45) is 1.53. The predicted octanol–water partition coefficient (Wildman–Crippen LogP) is 2.07. The Morgan fingerprint density at radius 1 is 1.09 bits per heavy atom. The highest BCUT2D eigenvalue weighted by molar-refractivity contribution is 7.98. The maximum absolute atomic E-state index is 5.28. The van der Waals surface area contributed by atoms with Gasteiger partial charge in [0.15, 0.2) is 11.2 Å². The molecular formula is C14H15N5O2S. The molecule has 3 rings (SSSR count). The summed E-state index contributed by atoms with van der Waals surface area (Å²) >= 11 is 1.58. The topological polar surface area (TPSA) is 75.0 Å². The fourth-order valence-electron chi connectivity index (χ4n) is 2.04. The van der Waals surface area contributed by atoms with Gasteiger partial charge in [0.1, 0.15) is 22.9 Å². The number of aryl methyl sites for hydroxylation is 1. The zero-order valence-corrected chi connectivity index (χ0v) is 13.3. The molecule has 2 heterocycles. The summed E-state index contributed by atoms with van der Waals surface area (Å²) in [5.74, 6) is 2.25. The van der Waals surface area contributed by atoms with Crippen molar-refractivity contribution < 1.29 is 9.47 Å². The SMILES string of the molecule is COc1cc(CSc2ncnc3c2nnn3C)cc(OC)c1. The zero-order valence-electron chi connectivity index (χ0n) is 12.5. The van der Waals surface area contributed by atoms with Crippen molar-refractivity contribution >= 4 is 22.9 Å². The Morgan fingerprint density at radius 2 is 1.82 bits per heavy atom. The molecule has 7 nitrogen and oxygen atoms in total. The van der Waals surface area contributed by atoms with Gasteiger partial charge in [-0.1, -0.05) is 17.0 Å². The lowest BCUT2D eigenvalue weighted by atomic mass is 10.2. The molecule has 22 heavy (non-hydrogen) atoms. The normalized spacial score (nSPS) is 10.9. The van der Waals surface area contributed by atoms with Gasteiger partial charge in [0, 0.05) is 18.9 Å². The van der Waals surface area contributed by atoms with Crippen LogP contribution in [-0.2, 0) is 12.8 Å². The average molecular weight is 317 g/mol. The van der Waals surface area contributed by atoms with Crippen molar-refractivity contribution in [1.29, 1.82) is 0 Å². The van der Waals surface area contributed by atoms with E-state index in [1.807, 2.05) is 25.2 Å². The first-order valence-electron chi connectivity index (χ1n) is 6.56. The Labute approximate surface area is 131 Å². The van der Waals surface area contributed by atoms with Crippen molar-refractivity contribution in [2.75, 3.05) is 14.2 Å². The molecule has 0 N–H and O–H groups in total. The number of benzene rings is 1. The molecule has 0 radical (unpaired) electrons. The van der Waals surface area contributed by atoms with Crippen LogP contribution >= 0.6 is 11.8 Å². The number of nitrogens with zero attached hydrogens (tertiary/aromatic N) is 5. The number of methoxy groups -OCH3 is 2. The summed E-state index contributed by atoms with van der Waals surface area (Å²) in [6, 6.07) is 5.80. The first-order valence-corrected chi connectivity index (χ1v) is 7.55. The number of ether oxygens (including phenoxy) is 2. The van der Waals surface area contributed by atoms with Gasteiger partial charge in [-0.25, -0.2) is 14.6 Å². The first kappa shape index (κ1) is 14.6. The molecule has 0 unspecified atom stereocenters. The number of aromatic nitrogens is 5. The van der Waals surface area contributed by atoms with Gasteiger partial charge in [-0.2, -0.15) is 0 Å². The van der Waals surface area contributed by atoms with E-state index < -0.39 is 0 Å². The molecule has 0 bridgehead atoms. The van der Waals surface area contributed by atoms with Gasteiger partial charge in [0.05, 0.1) is 14.2 Å². The summed E-state index contributed by atoms with van der Waals surface area (Å²) in [6.45, 7) is 0. The molecule has 0 aliphatic rings.